The molecule has 0 amide bonds. The molecule has 0 aromatic carbocycles. The molecule has 0 radical (unpaired) electrons. The molecular formula is C27H41NO6S2. The van der Waals surface area contributed by atoms with Crippen LogP contribution in [0.1, 0.15) is 79.3 Å². The number of aromatic nitrogens is 1. The van der Waals surface area contributed by atoms with E-state index in [9.17, 15) is 19.8 Å². The van der Waals surface area contributed by atoms with Gasteiger partial charge in [-0.3, -0.25) is 9.59 Å². The van der Waals surface area contributed by atoms with Crippen molar-refractivity contribution >= 4 is 40.9 Å². The van der Waals surface area contributed by atoms with Crippen LogP contribution in [0.15, 0.2) is 15.3 Å². The highest BCUT2D eigenvalue weighted by Crippen LogP contribution is 2.58. The molecule has 2 N–H and O–H groups in total. The first-order chi connectivity index (χ1) is 16.8. The Morgan fingerprint density at radius 2 is 1.92 bits per heavy atom. The summed E-state index contributed by atoms with van der Waals surface area (Å²) in [6, 6.07) is 0. The number of cyclic esters (lactones) is 1. The number of thiazole rings is 1. The Labute approximate surface area is 223 Å². The Morgan fingerprint density at radius 3 is 2.56 bits per heavy atom. The summed E-state index contributed by atoms with van der Waals surface area (Å²) < 4.78 is 12.9. The van der Waals surface area contributed by atoms with E-state index >= 15 is 0 Å². The largest absolute Gasteiger partial charge is 0.465 e. The van der Waals surface area contributed by atoms with Crippen molar-refractivity contribution in [1.29, 1.82) is 0 Å². The van der Waals surface area contributed by atoms with E-state index in [-0.39, 0.29) is 24.7 Å². The van der Waals surface area contributed by atoms with Gasteiger partial charge in [-0.05, 0) is 50.5 Å². The fraction of sp³-hybridized carbons (Fsp3) is 0.741. The summed E-state index contributed by atoms with van der Waals surface area (Å²) in [5, 5.41) is 23.7. The predicted octanol–water partition coefficient (Wildman–Crippen LogP) is 4.89. The van der Waals surface area contributed by atoms with E-state index in [2.05, 4.69) is 11.9 Å². The molecule has 0 aliphatic carbocycles. The van der Waals surface area contributed by atoms with Gasteiger partial charge in [-0.1, -0.05) is 45.9 Å². The summed E-state index contributed by atoms with van der Waals surface area (Å²) in [4.78, 5) is 30.3. The molecule has 6 unspecified atom stereocenters. The number of carbonyl (C=O) groups excluding carboxylic acids is 2. The second kappa shape index (κ2) is 11.2. The highest BCUT2D eigenvalue weighted by atomic mass is 32.2. The number of ketones is 1. The molecule has 202 valence electrons. The van der Waals surface area contributed by atoms with Crippen LogP contribution in [-0.2, 0) is 19.1 Å². The van der Waals surface area contributed by atoms with Crippen molar-refractivity contribution in [2.75, 3.05) is 12.9 Å². The molecule has 36 heavy (non-hydrogen) atoms. The van der Waals surface area contributed by atoms with Gasteiger partial charge in [0, 0.05) is 17.7 Å². The zero-order valence-corrected chi connectivity index (χ0v) is 24.1. The number of fused-ring (bicyclic) bond motifs is 1. The van der Waals surface area contributed by atoms with E-state index in [0.29, 0.717) is 6.42 Å². The van der Waals surface area contributed by atoms with E-state index in [0.717, 1.165) is 34.9 Å². The highest BCUT2D eigenvalue weighted by Gasteiger charge is 2.66. The van der Waals surface area contributed by atoms with Gasteiger partial charge in [0.15, 0.2) is 0 Å². The number of aliphatic hydroxyl groups excluding tert-OH is 2. The molecule has 2 aliphatic heterocycles. The fourth-order valence-electron chi connectivity index (χ4n) is 5.50. The van der Waals surface area contributed by atoms with E-state index < -0.39 is 40.7 Å². The fourth-order valence-corrected chi connectivity index (χ4v) is 6.73. The number of rotatable bonds is 3. The minimum atomic E-state index is -1.20. The van der Waals surface area contributed by atoms with Crippen molar-refractivity contribution in [3.05, 3.63) is 16.6 Å². The Balaban J connectivity index is 1.85. The summed E-state index contributed by atoms with van der Waals surface area (Å²) in [5.41, 5.74) is -0.259. The lowest BCUT2D eigenvalue weighted by molar-refractivity contribution is -0.151. The number of esters is 1. The zero-order chi connectivity index (χ0) is 26.9. The van der Waals surface area contributed by atoms with Gasteiger partial charge in [-0.15, -0.1) is 11.3 Å². The third-order valence-corrected chi connectivity index (χ3v) is 10.1. The topological polar surface area (TPSA) is 109 Å². The van der Waals surface area contributed by atoms with Gasteiger partial charge in [0.1, 0.15) is 15.7 Å². The second-order valence-electron chi connectivity index (χ2n) is 11.2. The summed E-state index contributed by atoms with van der Waals surface area (Å²) >= 11 is 3.21. The number of nitrogens with zero attached hydrogens (tertiary/aromatic N) is 1. The van der Waals surface area contributed by atoms with Gasteiger partial charge in [-0.25, -0.2) is 4.98 Å². The first-order valence-electron chi connectivity index (χ1n) is 12.7. The Bertz CT molecular complexity index is 991. The van der Waals surface area contributed by atoms with Gasteiger partial charge in [0.2, 0.25) is 0 Å². The first-order valence-corrected chi connectivity index (χ1v) is 14.8. The summed E-state index contributed by atoms with van der Waals surface area (Å²) in [7, 11) is 0. The van der Waals surface area contributed by atoms with Crippen LogP contribution in [0.25, 0.3) is 6.08 Å². The van der Waals surface area contributed by atoms with Crippen LogP contribution in [0.3, 0.4) is 0 Å². The molecule has 0 spiro atoms. The molecule has 1 aromatic rings. The molecule has 7 nitrogen and oxygen atoms in total. The predicted molar refractivity (Wildman–Crippen MR) is 143 cm³/mol. The lowest BCUT2D eigenvalue weighted by atomic mass is 9.72. The number of aliphatic hydroxyl groups is 2. The summed E-state index contributed by atoms with van der Waals surface area (Å²) in [6.07, 6.45) is 4.57. The van der Waals surface area contributed by atoms with E-state index in [1.54, 1.807) is 43.9 Å². The number of ether oxygens (including phenoxy) is 2. The van der Waals surface area contributed by atoms with Gasteiger partial charge in [0.05, 0.1) is 41.9 Å². The van der Waals surface area contributed by atoms with Gasteiger partial charge < -0.3 is 19.7 Å². The van der Waals surface area contributed by atoms with E-state index in [1.807, 2.05) is 31.6 Å². The number of hydrogen-bond donors (Lipinski definition) is 2. The molecule has 3 rings (SSSR count). The third kappa shape index (κ3) is 5.90. The van der Waals surface area contributed by atoms with Gasteiger partial charge >= 0.3 is 5.97 Å². The molecule has 2 fully saturated rings. The average Bonchev–Trinajstić information content (AvgIpc) is 3.17. The maximum atomic E-state index is 13.1. The SMILES string of the molecule is CSc1nc(/C=C(\C)C23CCOC(=O)CC(O)C(C)(C)C(=O)C(C)C(O)C(C)CCCC2(C)O3)cs1. The maximum Gasteiger partial charge on any atom is 0.308 e. The summed E-state index contributed by atoms with van der Waals surface area (Å²) in [6.45, 7) is 11.2. The van der Waals surface area contributed by atoms with Gasteiger partial charge in [-0.2, -0.15) is 0 Å². The normalized spacial score (nSPS) is 36.8. The molecule has 3 heterocycles. The van der Waals surface area contributed by atoms with Crippen molar-refractivity contribution < 1.29 is 29.3 Å². The first kappa shape index (κ1) is 29.3. The van der Waals surface area contributed by atoms with Crippen molar-refractivity contribution in [1.82, 2.24) is 4.98 Å². The highest BCUT2D eigenvalue weighted by molar-refractivity contribution is 8.00. The van der Waals surface area contributed by atoms with Crippen molar-refractivity contribution in [3.8, 4) is 0 Å². The smallest absolute Gasteiger partial charge is 0.308 e. The number of hydrogen-bond acceptors (Lipinski definition) is 9. The number of epoxide rings is 1. The standard InChI is InChI=1S/C27H41NO6S2/c1-16-9-8-10-26(6)27(34-26,17(2)13-19-15-36-24(28-19)35-7)11-12-33-21(30)14-20(29)25(4,5)23(32)18(3)22(16)31/h13,15-16,18,20,22,29,31H,8-12,14H2,1-7H3/b17-13+. The molecule has 0 bridgehead atoms. The minimum absolute atomic E-state index is 0.0943. The monoisotopic (exact) mass is 539 g/mol. The lowest BCUT2D eigenvalue weighted by Crippen LogP contribution is -2.45. The van der Waals surface area contributed by atoms with E-state index in [1.165, 1.54) is 0 Å². The van der Waals surface area contributed by atoms with Crippen LogP contribution in [0.5, 0.6) is 0 Å². The second-order valence-corrected chi connectivity index (χ2v) is 13.1. The maximum absolute atomic E-state index is 13.1. The third-order valence-electron chi connectivity index (χ3n) is 8.26. The quantitative estimate of drug-likeness (QED) is 0.317. The van der Waals surface area contributed by atoms with Crippen LogP contribution in [-0.4, -0.2) is 63.2 Å². The zero-order valence-electron chi connectivity index (χ0n) is 22.5. The molecule has 2 saturated heterocycles. The number of Topliss-reactive ketones (excluding diaryl/α,β-unsaturated/α-hetero) is 1. The number of thioether (sulfide) groups is 1. The van der Waals surface area contributed by atoms with Crippen LogP contribution in [0, 0.1) is 17.3 Å². The van der Waals surface area contributed by atoms with Crippen LogP contribution in [0.2, 0.25) is 0 Å². The van der Waals surface area contributed by atoms with Crippen LogP contribution < -0.4 is 0 Å². The molecule has 0 saturated carbocycles. The molecular weight excluding hydrogens is 498 g/mol. The van der Waals surface area contributed by atoms with Gasteiger partial charge in [0.25, 0.3) is 0 Å². The van der Waals surface area contributed by atoms with Crippen molar-refractivity contribution in [2.45, 2.75) is 101 Å². The molecule has 9 heteroatoms. The summed E-state index contributed by atoms with van der Waals surface area (Å²) in [5.74, 6) is -1.56. The molecule has 2 aliphatic rings. The Kier molecular flexibility index (Phi) is 9.14. The van der Waals surface area contributed by atoms with Crippen molar-refractivity contribution in [2.24, 2.45) is 17.3 Å². The minimum Gasteiger partial charge on any atom is -0.465 e. The van der Waals surface area contributed by atoms with Crippen LogP contribution >= 0.6 is 23.1 Å². The molecule has 6 atom stereocenters. The molecule has 1 aromatic heterocycles. The number of carbonyl (C=O) groups is 2. The Morgan fingerprint density at radius 1 is 1.22 bits per heavy atom. The Hall–Kier alpha value is -1.26. The van der Waals surface area contributed by atoms with E-state index in [4.69, 9.17) is 9.47 Å². The lowest BCUT2D eigenvalue weighted by Gasteiger charge is -2.34. The average molecular weight is 540 g/mol. The van der Waals surface area contributed by atoms with Crippen molar-refractivity contribution in [3.63, 3.8) is 0 Å². The van der Waals surface area contributed by atoms with Crippen LogP contribution in [0.4, 0.5) is 0 Å².